The van der Waals surface area contributed by atoms with Crippen molar-refractivity contribution in [3.8, 4) is 11.5 Å². The number of piperidine rings is 1. The van der Waals surface area contributed by atoms with E-state index in [1.54, 1.807) is 37.7 Å². The lowest BCUT2D eigenvalue weighted by Gasteiger charge is -2.37. The first-order chi connectivity index (χ1) is 16.0. The summed E-state index contributed by atoms with van der Waals surface area (Å²) in [5.41, 5.74) is 2.16. The molecule has 1 aliphatic heterocycles. The minimum absolute atomic E-state index is 0.0400. The minimum Gasteiger partial charge on any atom is -0.497 e. The van der Waals surface area contributed by atoms with Gasteiger partial charge in [0, 0.05) is 22.1 Å². The summed E-state index contributed by atoms with van der Waals surface area (Å²) in [6.45, 7) is 6.43. The van der Waals surface area contributed by atoms with Crippen molar-refractivity contribution >= 4 is 22.2 Å². The first kappa shape index (κ1) is 23.4. The van der Waals surface area contributed by atoms with Gasteiger partial charge in [0.05, 0.1) is 26.5 Å². The molecule has 0 spiro atoms. The molecule has 0 aliphatic carbocycles. The minimum atomic E-state index is -0.238. The van der Waals surface area contributed by atoms with Crippen molar-refractivity contribution in [2.24, 2.45) is 5.92 Å². The second-order valence-corrected chi connectivity index (χ2v) is 9.65. The number of benzene rings is 1. The van der Waals surface area contributed by atoms with Gasteiger partial charge in [-0.15, -0.1) is 11.3 Å². The number of ether oxygens (including phenoxy) is 2. The predicted molar refractivity (Wildman–Crippen MR) is 132 cm³/mol. The maximum atomic E-state index is 12.9. The Morgan fingerprint density at radius 2 is 1.97 bits per heavy atom. The second kappa shape index (κ2) is 10.4. The van der Waals surface area contributed by atoms with Crippen molar-refractivity contribution in [3.05, 3.63) is 64.4 Å². The first-order valence-electron chi connectivity index (χ1n) is 11.5. The van der Waals surface area contributed by atoms with Crippen LogP contribution in [-0.4, -0.2) is 38.1 Å². The van der Waals surface area contributed by atoms with Crippen molar-refractivity contribution < 1.29 is 18.7 Å². The van der Waals surface area contributed by atoms with Gasteiger partial charge in [-0.25, -0.2) is 0 Å². The molecule has 2 aromatic heterocycles. The van der Waals surface area contributed by atoms with E-state index in [9.17, 15) is 4.79 Å². The number of carbonyl (C=O) groups is 1. The molecule has 1 aliphatic rings. The summed E-state index contributed by atoms with van der Waals surface area (Å²) < 4.78 is 16.6. The lowest BCUT2D eigenvalue weighted by molar-refractivity contribution is 0.0996. The van der Waals surface area contributed by atoms with Gasteiger partial charge in [0.15, 0.2) is 5.76 Å². The number of hydrogen-bond donors (Lipinski definition) is 1. The highest BCUT2D eigenvalue weighted by Gasteiger charge is 2.32. The predicted octanol–water partition coefficient (Wildman–Crippen LogP) is 5.99. The van der Waals surface area contributed by atoms with Crippen molar-refractivity contribution in [2.75, 3.05) is 32.6 Å². The fraction of sp³-hybridized carbons (Fsp3) is 0.423. The number of nitrogens with one attached hydrogen (secondary N) is 1. The lowest BCUT2D eigenvalue weighted by atomic mass is 9.92. The summed E-state index contributed by atoms with van der Waals surface area (Å²) >= 11 is 1.63. The zero-order chi connectivity index (χ0) is 23.4. The lowest BCUT2D eigenvalue weighted by Crippen LogP contribution is -2.37. The van der Waals surface area contributed by atoms with Gasteiger partial charge in [-0.05, 0) is 68.6 Å². The number of carbonyl (C=O) groups excluding carboxylic acids is 1. The molecule has 3 aromatic rings. The van der Waals surface area contributed by atoms with Gasteiger partial charge in [0.1, 0.15) is 16.5 Å². The van der Waals surface area contributed by atoms with Crippen LogP contribution in [0.3, 0.4) is 0 Å². The van der Waals surface area contributed by atoms with E-state index in [0.717, 1.165) is 60.0 Å². The summed E-state index contributed by atoms with van der Waals surface area (Å²) in [5, 5.41) is 3.98. The molecular formula is C26H32N2O4S. The number of anilines is 1. The maximum Gasteiger partial charge on any atom is 0.291 e. The molecule has 1 aromatic carbocycles. The summed E-state index contributed by atoms with van der Waals surface area (Å²) in [6, 6.07) is 11.6. The molecule has 1 fully saturated rings. The van der Waals surface area contributed by atoms with Crippen LogP contribution in [0.4, 0.5) is 5.00 Å². The van der Waals surface area contributed by atoms with E-state index in [4.69, 9.17) is 13.9 Å². The van der Waals surface area contributed by atoms with Gasteiger partial charge in [-0.1, -0.05) is 13.8 Å². The number of amides is 1. The molecule has 3 heterocycles. The van der Waals surface area contributed by atoms with E-state index in [1.165, 1.54) is 11.1 Å². The number of thiophene rings is 1. The summed E-state index contributed by atoms with van der Waals surface area (Å²) in [6.07, 6.45) is 4.71. The molecule has 0 bridgehead atoms. The third-order valence-electron chi connectivity index (χ3n) is 6.35. The van der Waals surface area contributed by atoms with E-state index >= 15 is 0 Å². The van der Waals surface area contributed by atoms with Crippen molar-refractivity contribution in [1.82, 2.24) is 4.90 Å². The molecule has 1 amide bonds. The third-order valence-corrected chi connectivity index (χ3v) is 7.56. The first-order valence-corrected chi connectivity index (χ1v) is 12.3. The fourth-order valence-corrected chi connectivity index (χ4v) is 5.42. The van der Waals surface area contributed by atoms with Crippen LogP contribution in [0, 0.1) is 5.92 Å². The van der Waals surface area contributed by atoms with Gasteiger partial charge >= 0.3 is 0 Å². The van der Waals surface area contributed by atoms with Crippen molar-refractivity contribution in [1.29, 1.82) is 0 Å². The molecule has 4 rings (SSSR count). The summed E-state index contributed by atoms with van der Waals surface area (Å²) in [4.78, 5) is 16.6. The van der Waals surface area contributed by atoms with Crippen molar-refractivity contribution in [3.63, 3.8) is 0 Å². The number of nitrogens with zero attached hydrogens (tertiary/aromatic N) is 1. The monoisotopic (exact) mass is 468 g/mol. The fourth-order valence-electron chi connectivity index (χ4n) is 4.40. The zero-order valence-corrected chi connectivity index (χ0v) is 20.5. The Kier molecular flexibility index (Phi) is 7.40. The van der Waals surface area contributed by atoms with Gasteiger partial charge < -0.3 is 19.2 Å². The average Bonchev–Trinajstić information content (AvgIpc) is 3.51. The van der Waals surface area contributed by atoms with Gasteiger partial charge in [0.25, 0.3) is 5.91 Å². The van der Waals surface area contributed by atoms with E-state index in [-0.39, 0.29) is 11.9 Å². The van der Waals surface area contributed by atoms with Crippen LogP contribution in [-0.2, 0) is 6.42 Å². The van der Waals surface area contributed by atoms with Crippen LogP contribution in [0.25, 0.3) is 0 Å². The topological polar surface area (TPSA) is 63.9 Å². The highest BCUT2D eigenvalue weighted by atomic mass is 32.1. The maximum absolute atomic E-state index is 12.9. The number of furan rings is 1. The SMILES string of the molecule is CCc1cc(C(c2ccc(OC)cc2OC)N2CCC(C)CC2)c(NC(=O)c2ccco2)s1. The van der Waals surface area contributed by atoms with E-state index < -0.39 is 0 Å². The Labute approximate surface area is 199 Å². The molecular weight excluding hydrogens is 436 g/mol. The zero-order valence-electron chi connectivity index (χ0n) is 19.7. The number of rotatable bonds is 8. The molecule has 0 radical (unpaired) electrons. The van der Waals surface area contributed by atoms with Crippen LogP contribution < -0.4 is 14.8 Å². The summed E-state index contributed by atoms with van der Waals surface area (Å²) in [5.74, 6) is 2.32. The molecule has 7 heteroatoms. The van der Waals surface area contributed by atoms with Crippen LogP contribution in [0.15, 0.2) is 47.1 Å². The smallest absolute Gasteiger partial charge is 0.291 e. The van der Waals surface area contributed by atoms with Gasteiger partial charge in [0.2, 0.25) is 0 Å². The van der Waals surface area contributed by atoms with E-state index in [0.29, 0.717) is 11.7 Å². The standard InChI is InChI=1S/C26H32N2O4S/c1-5-19-16-21(26(33-19)27-25(29)22-7-6-14-32-22)24(28-12-10-17(2)11-13-28)20-9-8-18(30-3)15-23(20)31-4/h6-9,14-17,24H,5,10-13H2,1-4H3,(H,27,29). The Morgan fingerprint density at radius 3 is 2.61 bits per heavy atom. The van der Waals surface area contributed by atoms with E-state index in [1.807, 2.05) is 12.1 Å². The molecule has 0 saturated carbocycles. The average molecular weight is 469 g/mol. The normalized spacial score (nSPS) is 15.9. The Morgan fingerprint density at radius 1 is 1.18 bits per heavy atom. The highest BCUT2D eigenvalue weighted by Crippen LogP contribution is 2.44. The largest absolute Gasteiger partial charge is 0.497 e. The number of likely N-dealkylation sites (tertiary alicyclic amines) is 1. The van der Waals surface area contributed by atoms with Crippen LogP contribution in [0.2, 0.25) is 0 Å². The Hall–Kier alpha value is -2.77. The highest BCUT2D eigenvalue weighted by molar-refractivity contribution is 7.16. The van der Waals surface area contributed by atoms with E-state index in [2.05, 4.69) is 36.2 Å². The quantitative estimate of drug-likeness (QED) is 0.440. The molecule has 1 N–H and O–H groups in total. The van der Waals surface area contributed by atoms with Crippen LogP contribution in [0.5, 0.6) is 11.5 Å². The molecule has 1 atom stereocenters. The van der Waals surface area contributed by atoms with Crippen molar-refractivity contribution in [2.45, 2.75) is 39.2 Å². The second-order valence-electron chi connectivity index (χ2n) is 8.51. The molecule has 1 saturated heterocycles. The Bertz CT molecular complexity index is 1070. The van der Waals surface area contributed by atoms with Crippen LogP contribution >= 0.6 is 11.3 Å². The Balaban J connectivity index is 1.79. The number of hydrogen-bond acceptors (Lipinski definition) is 6. The number of methoxy groups -OCH3 is 2. The number of aryl methyl sites for hydroxylation is 1. The van der Waals surface area contributed by atoms with Gasteiger partial charge in [-0.2, -0.15) is 0 Å². The molecule has 176 valence electrons. The molecule has 6 nitrogen and oxygen atoms in total. The van der Waals surface area contributed by atoms with Crippen LogP contribution in [0.1, 0.15) is 59.3 Å². The molecule has 1 unspecified atom stereocenters. The molecule has 33 heavy (non-hydrogen) atoms. The third kappa shape index (κ3) is 5.09. The summed E-state index contributed by atoms with van der Waals surface area (Å²) in [7, 11) is 3.35. The van der Waals surface area contributed by atoms with Gasteiger partial charge in [-0.3, -0.25) is 9.69 Å².